The van der Waals surface area contributed by atoms with Crippen LogP contribution in [0.1, 0.15) is 51.5 Å². The lowest BCUT2D eigenvalue weighted by Crippen LogP contribution is -2.50. The maximum absolute atomic E-state index is 12.9. The van der Waals surface area contributed by atoms with Crippen LogP contribution in [-0.2, 0) is 16.1 Å². The number of ether oxygens (including phenoxy) is 1. The Morgan fingerprint density at radius 2 is 1.88 bits per heavy atom. The Bertz CT molecular complexity index is 578. The van der Waals surface area contributed by atoms with E-state index in [1.807, 2.05) is 42.2 Å². The molecule has 0 aliphatic carbocycles. The van der Waals surface area contributed by atoms with Gasteiger partial charge in [-0.25, -0.2) is 4.79 Å². The van der Waals surface area contributed by atoms with E-state index in [0.717, 1.165) is 24.8 Å². The number of carbonyl (C=O) groups excluding carboxylic acids is 2. The first-order valence-corrected chi connectivity index (χ1v) is 9.54. The van der Waals surface area contributed by atoms with Crippen LogP contribution in [-0.4, -0.2) is 52.3 Å². The van der Waals surface area contributed by atoms with Crippen molar-refractivity contribution in [2.24, 2.45) is 0 Å². The normalized spacial score (nSPS) is 19.4. The second-order valence-corrected chi connectivity index (χ2v) is 6.70. The van der Waals surface area contributed by atoms with Crippen molar-refractivity contribution in [3.05, 3.63) is 35.9 Å². The third kappa shape index (κ3) is 5.21. The molecular formula is C20H30N2O4. The van der Waals surface area contributed by atoms with Gasteiger partial charge in [0.15, 0.2) is 0 Å². The van der Waals surface area contributed by atoms with Gasteiger partial charge in [0.05, 0.1) is 0 Å². The molecule has 1 aromatic carbocycles. The van der Waals surface area contributed by atoms with Crippen LogP contribution in [0.5, 0.6) is 0 Å². The van der Waals surface area contributed by atoms with Gasteiger partial charge < -0.3 is 14.7 Å². The number of nitrogens with zero attached hydrogens (tertiary/aromatic N) is 2. The number of hydrogen-bond acceptors (Lipinski definition) is 4. The van der Waals surface area contributed by atoms with Gasteiger partial charge in [0, 0.05) is 13.1 Å². The van der Waals surface area contributed by atoms with Gasteiger partial charge in [-0.05, 0) is 31.2 Å². The van der Waals surface area contributed by atoms with E-state index >= 15 is 0 Å². The minimum Gasteiger partial charge on any atom is -0.444 e. The van der Waals surface area contributed by atoms with Crippen molar-refractivity contribution in [1.82, 2.24) is 9.80 Å². The topological polar surface area (TPSA) is 70.1 Å². The fraction of sp³-hybridized carbons (Fsp3) is 0.600. The Balaban J connectivity index is 2.02. The number of aliphatic hydroxyl groups is 1. The molecule has 1 aliphatic heterocycles. The Morgan fingerprint density at radius 1 is 1.15 bits per heavy atom. The molecule has 144 valence electrons. The SMILES string of the molecule is CCCCN(CCC)C(=O)[C@@H]1CCC(O)N1C(=O)OCc1ccccc1. The van der Waals surface area contributed by atoms with E-state index in [1.54, 1.807) is 0 Å². The molecule has 0 bridgehead atoms. The van der Waals surface area contributed by atoms with E-state index in [0.29, 0.717) is 25.9 Å². The van der Waals surface area contributed by atoms with Gasteiger partial charge in [-0.15, -0.1) is 0 Å². The highest BCUT2D eigenvalue weighted by molar-refractivity contribution is 5.86. The van der Waals surface area contributed by atoms with E-state index in [2.05, 4.69) is 6.92 Å². The summed E-state index contributed by atoms with van der Waals surface area (Å²) in [7, 11) is 0. The van der Waals surface area contributed by atoms with Crippen molar-refractivity contribution in [3.63, 3.8) is 0 Å². The molecule has 6 heteroatoms. The largest absolute Gasteiger partial charge is 0.444 e. The molecule has 6 nitrogen and oxygen atoms in total. The molecule has 2 atom stereocenters. The molecule has 2 amide bonds. The van der Waals surface area contributed by atoms with Crippen LogP contribution in [0, 0.1) is 0 Å². The number of likely N-dealkylation sites (tertiary alicyclic amines) is 1. The zero-order chi connectivity index (χ0) is 18.9. The van der Waals surface area contributed by atoms with Crippen LogP contribution in [0.2, 0.25) is 0 Å². The van der Waals surface area contributed by atoms with Gasteiger partial charge in [-0.2, -0.15) is 0 Å². The Hall–Kier alpha value is -2.08. The van der Waals surface area contributed by atoms with E-state index in [9.17, 15) is 14.7 Å². The lowest BCUT2D eigenvalue weighted by molar-refractivity contribution is -0.137. The summed E-state index contributed by atoms with van der Waals surface area (Å²) in [6.07, 6.45) is 2.05. The lowest BCUT2D eigenvalue weighted by atomic mass is 10.1. The van der Waals surface area contributed by atoms with Crippen LogP contribution in [0.4, 0.5) is 4.79 Å². The molecule has 1 aliphatic rings. The number of amides is 2. The summed E-state index contributed by atoms with van der Waals surface area (Å²) in [5.74, 6) is -0.0893. The molecule has 1 unspecified atom stereocenters. The van der Waals surface area contributed by atoms with Gasteiger partial charge >= 0.3 is 6.09 Å². The van der Waals surface area contributed by atoms with Gasteiger partial charge in [-0.3, -0.25) is 9.69 Å². The minimum absolute atomic E-state index is 0.0893. The first-order chi connectivity index (χ1) is 12.6. The molecule has 1 saturated heterocycles. The van der Waals surface area contributed by atoms with Gasteiger partial charge in [0.1, 0.15) is 18.9 Å². The maximum atomic E-state index is 12.9. The van der Waals surface area contributed by atoms with Crippen molar-refractivity contribution < 1.29 is 19.4 Å². The van der Waals surface area contributed by atoms with E-state index < -0.39 is 18.4 Å². The van der Waals surface area contributed by atoms with Crippen molar-refractivity contribution in [2.45, 2.75) is 64.8 Å². The summed E-state index contributed by atoms with van der Waals surface area (Å²) in [5.41, 5.74) is 0.868. The van der Waals surface area contributed by atoms with Crippen LogP contribution in [0.25, 0.3) is 0 Å². The van der Waals surface area contributed by atoms with E-state index in [-0.39, 0.29) is 12.5 Å². The average molecular weight is 362 g/mol. The Morgan fingerprint density at radius 3 is 2.54 bits per heavy atom. The first-order valence-electron chi connectivity index (χ1n) is 9.54. The van der Waals surface area contributed by atoms with E-state index in [1.165, 1.54) is 4.90 Å². The predicted octanol–water partition coefficient (Wildman–Crippen LogP) is 3.14. The molecule has 0 radical (unpaired) electrons. The number of hydrogen-bond donors (Lipinski definition) is 1. The highest BCUT2D eigenvalue weighted by Crippen LogP contribution is 2.25. The summed E-state index contributed by atoms with van der Waals surface area (Å²) in [5, 5.41) is 10.2. The van der Waals surface area contributed by atoms with Crippen LogP contribution in [0.15, 0.2) is 30.3 Å². The second-order valence-electron chi connectivity index (χ2n) is 6.70. The molecule has 0 aromatic heterocycles. The average Bonchev–Trinajstić information content (AvgIpc) is 3.05. The third-order valence-corrected chi connectivity index (χ3v) is 4.64. The first kappa shape index (κ1) is 20.2. The van der Waals surface area contributed by atoms with Gasteiger partial charge in [0.2, 0.25) is 5.91 Å². The number of aliphatic hydroxyl groups excluding tert-OH is 1. The lowest BCUT2D eigenvalue weighted by Gasteiger charge is -2.31. The molecule has 1 fully saturated rings. The summed E-state index contributed by atoms with van der Waals surface area (Å²) < 4.78 is 5.34. The van der Waals surface area contributed by atoms with Crippen molar-refractivity contribution >= 4 is 12.0 Å². The molecule has 1 heterocycles. The Kier molecular flexibility index (Phi) is 7.91. The third-order valence-electron chi connectivity index (χ3n) is 4.64. The number of unbranched alkanes of at least 4 members (excludes halogenated alkanes) is 1. The zero-order valence-electron chi connectivity index (χ0n) is 15.8. The molecule has 0 saturated carbocycles. The van der Waals surface area contributed by atoms with E-state index in [4.69, 9.17) is 4.74 Å². The summed E-state index contributed by atoms with van der Waals surface area (Å²) in [4.78, 5) is 28.5. The maximum Gasteiger partial charge on any atom is 0.412 e. The van der Waals surface area contributed by atoms with Crippen molar-refractivity contribution in [1.29, 1.82) is 0 Å². The molecule has 1 aromatic rings. The highest BCUT2D eigenvalue weighted by Gasteiger charge is 2.42. The summed E-state index contributed by atoms with van der Waals surface area (Å²) in [6.45, 7) is 5.59. The number of benzene rings is 1. The molecule has 2 rings (SSSR count). The second kappa shape index (κ2) is 10.2. The van der Waals surface area contributed by atoms with Crippen molar-refractivity contribution in [3.8, 4) is 0 Å². The van der Waals surface area contributed by atoms with Crippen LogP contribution < -0.4 is 0 Å². The smallest absolute Gasteiger partial charge is 0.412 e. The molecule has 0 spiro atoms. The standard InChI is InChI=1S/C20H30N2O4/c1-3-5-14-21(13-4-2)19(24)17-11-12-18(23)22(17)20(25)26-15-16-9-7-6-8-10-16/h6-10,17-18,23H,3-5,11-15H2,1-2H3/t17-,18?/m0/s1. The number of rotatable bonds is 8. The predicted molar refractivity (Wildman–Crippen MR) is 99.3 cm³/mol. The summed E-state index contributed by atoms with van der Waals surface area (Å²) in [6, 6.07) is 8.72. The monoisotopic (exact) mass is 362 g/mol. The molecular weight excluding hydrogens is 332 g/mol. The molecule has 1 N–H and O–H groups in total. The summed E-state index contributed by atoms with van der Waals surface area (Å²) >= 11 is 0. The number of carbonyl (C=O) groups is 2. The quantitative estimate of drug-likeness (QED) is 0.771. The van der Waals surface area contributed by atoms with Gasteiger partial charge in [-0.1, -0.05) is 50.6 Å². The minimum atomic E-state index is -0.970. The van der Waals surface area contributed by atoms with Gasteiger partial charge in [0.25, 0.3) is 0 Å². The van der Waals surface area contributed by atoms with Crippen LogP contribution >= 0.6 is 0 Å². The fourth-order valence-electron chi connectivity index (χ4n) is 3.24. The Labute approximate surface area is 155 Å². The fourth-order valence-corrected chi connectivity index (χ4v) is 3.24. The van der Waals surface area contributed by atoms with Crippen molar-refractivity contribution in [2.75, 3.05) is 13.1 Å². The molecule has 26 heavy (non-hydrogen) atoms. The van der Waals surface area contributed by atoms with Crippen LogP contribution in [0.3, 0.4) is 0 Å². The zero-order valence-corrected chi connectivity index (χ0v) is 15.8. The highest BCUT2D eigenvalue weighted by atomic mass is 16.6.